The molecule has 0 aliphatic carbocycles. The summed E-state index contributed by atoms with van der Waals surface area (Å²) in [6.07, 6.45) is 0. The summed E-state index contributed by atoms with van der Waals surface area (Å²) in [6, 6.07) is 0. The Morgan fingerprint density at radius 3 is 2.33 bits per heavy atom. The van der Waals surface area contributed by atoms with Crippen LogP contribution < -0.4 is 0 Å². The summed E-state index contributed by atoms with van der Waals surface area (Å²) >= 11 is 0. The highest BCUT2D eigenvalue weighted by molar-refractivity contribution is 5.86. The van der Waals surface area contributed by atoms with Gasteiger partial charge in [0.1, 0.15) is 6.61 Å². The van der Waals surface area contributed by atoms with E-state index in [9.17, 15) is 4.79 Å². The molecular weight excluding hydrogens is 153 g/mol. The molecular formula is C8H15BNO2. The summed E-state index contributed by atoms with van der Waals surface area (Å²) < 4.78 is 4.83. The molecule has 12 heavy (non-hydrogen) atoms. The van der Waals surface area contributed by atoms with Crippen molar-refractivity contribution in [3.8, 4) is 0 Å². The number of rotatable bonds is 4. The molecule has 67 valence electrons. The Hall–Kier alpha value is -0.765. The number of hydrogen-bond acceptors (Lipinski definition) is 3. The Bertz CT molecular complexity index is 157. The molecule has 0 spiro atoms. The maximum absolute atomic E-state index is 10.8. The summed E-state index contributed by atoms with van der Waals surface area (Å²) in [5, 5.41) is 0. The van der Waals surface area contributed by atoms with Crippen molar-refractivity contribution >= 4 is 14.4 Å². The van der Waals surface area contributed by atoms with Gasteiger partial charge < -0.3 is 9.64 Å². The largest absolute Gasteiger partial charge is 0.461 e. The molecule has 0 amide bonds. The first-order valence-electron chi connectivity index (χ1n) is 3.51. The SMILES string of the molecule is C=C(C)C(=O)OCCN(C)C.[B]. The van der Waals surface area contributed by atoms with Crippen LogP contribution in [-0.4, -0.2) is 46.5 Å². The predicted molar refractivity (Wildman–Crippen MR) is 50.1 cm³/mol. The van der Waals surface area contributed by atoms with Crippen LogP contribution in [0.4, 0.5) is 0 Å². The minimum absolute atomic E-state index is 0. The molecule has 0 N–H and O–H groups in total. The van der Waals surface area contributed by atoms with Crippen LogP contribution in [0.1, 0.15) is 6.92 Å². The van der Waals surface area contributed by atoms with Gasteiger partial charge in [-0.3, -0.25) is 0 Å². The molecule has 3 nitrogen and oxygen atoms in total. The lowest BCUT2D eigenvalue weighted by Gasteiger charge is -2.09. The number of ether oxygens (including phenoxy) is 1. The molecule has 3 radical (unpaired) electrons. The fraction of sp³-hybridized carbons (Fsp3) is 0.625. The summed E-state index contributed by atoms with van der Waals surface area (Å²) in [5.41, 5.74) is 0.448. The Labute approximate surface area is 76.0 Å². The van der Waals surface area contributed by atoms with E-state index < -0.39 is 0 Å². The summed E-state index contributed by atoms with van der Waals surface area (Å²) in [4.78, 5) is 12.7. The highest BCUT2D eigenvalue weighted by atomic mass is 16.5. The van der Waals surface area contributed by atoms with Gasteiger partial charge in [-0.2, -0.15) is 0 Å². The van der Waals surface area contributed by atoms with Crippen molar-refractivity contribution in [3.63, 3.8) is 0 Å². The molecule has 0 unspecified atom stereocenters. The molecule has 0 bridgehead atoms. The van der Waals surface area contributed by atoms with Crippen molar-refractivity contribution < 1.29 is 9.53 Å². The van der Waals surface area contributed by atoms with Crippen molar-refractivity contribution in [2.45, 2.75) is 6.92 Å². The second-order valence-electron chi connectivity index (χ2n) is 2.72. The van der Waals surface area contributed by atoms with Crippen molar-refractivity contribution in [1.82, 2.24) is 4.90 Å². The molecule has 0 aromatic heterocycles. The average molecular weight is 168 g/mol. The lowest BCUT2D eigenvalue weighted by atomic mass is 10.4. The van der Waals surface area contributed by atoms with E-state index in [-0.39, 0.29) is 14.4 Å². The van der Waals surface area contributed by atoms with E-state index in [1.165, 1.54) is 0 Å². The van der Waals surface area contributed by atoms with Gasteiger partial charge in [0.15, 0.2) is 0 Å². The van der Waals surface area contributed by atoms with E-state index >= 15 is 0 Å². The monoisotopic (exact) mass is 168 g/mol. The lowest BCUT2D eigenvalue weighted by Crippen LogP contribution is -2.20. The quantitative estimate of drug-likeness (QED) is 0.343. The highest BCUT2D eigenvalue weighted by Crippen LogP contribution is 1.91. The maximum atomic E-state index is 10.8. The number of likely N-dealkylation sites (N-methyl/N-ethyl adjacent to an activating group) is 1. The Kier molecular flexibility index (Phi) is 7.95. The normalized spacial score (nSPS) is 9.00. The molecule has 0 saturated carbocycles. The zero-order valence-corrected chi connectivity index (χ0v) is 7.96. The molecule has 0 rings (SSSR count). The van der Waals surface area contributed by atoms with E-state index in [2.05, 4.69) is 6.58 Å². The van der Waals surface area contributed by atoms with Crippen molar-refractivity contribution in [2.75, 3.05) is 27.2 Å². The molecule has 4 heteroatoms. The van der Waals surface area contributed by atoms with Crippen molar-refractivity contribution in [1.29, 1.82) is 0 Å². The fourth-order valence-corrected chi connectivity index (χ4v) is 0.444. The molecule has 0 heterocycles. The summed E-state index contributed by atoms with van der Waals surface area (Å²) in [6.45, 7) is 6.28. The van der Waals surface area contributed by atoms with Gasteiger partial charge in [-0.15, -0.1) is 0 Å². The van der Waals surface area contributed by atoms with Gasteiger partial charge in [0.05, 0.1) is 0 Å². The van der Waals surface area contributed by atoms with Crippen molar-refractivity contribution in [3.05, 3.63) is 12.2 Å². The first-order chi connectivity index (χ1) is 5.04. The Balaban J connectivity index is 0. The van der Waals surface area contributed by atoms with E-state index in [4.69, 9.17) is 4.74 Å². The second kappa shape index (κ2) is 6.92. The topological polar surface area (TPSA) is 29.5 Å². The first-order valence-corrected chi connectivity index (χ1v) is 3.51. The maximum Gasteiger partial charge on any atom is 0.333 e. The zero-order valence-electron chi connectivity index (χ0n) is 7.96. The van der Waals surface area contributed by atoms with Crippen LogP contribution in [0.3, 0.4) is 0 Å². The zero-order chi connectivity index (χ0) is 8.85. The van der Waals surface area contributed by atoms with Crippen molar-refractivity contribution in [2.24, 2.45) is 0 Å². The third-order valence-corrected chi connectivity index (χ3v) is 1.12. The number of carbonyl (C=O) groups is 1. The van der Waals surface area contributed by atoms with Crippen LogP contribution in [0.5, 0.6) is 0 Å². The van der Waals surface area contributed by atoms with Gasteiger partial charge in [-0.05, 0) is 21.0 Å². The molecule has 0 atom stereocenters. The number of nitrogens with zero attached hydrogens (tertiary/aromatic N) is 1. The number of esters is 1. The van der Waals surface area contributed by atoms with E-state index in [0.29, 0.717) is 12.2 Å². The third-order valence-electron chi connectivity index (χ3n) is 1.12. The molecule has 0 aromatic carbocycles. The van der Waals surface area contributed by atoms with Gasteiger partial charge in [-0.1, -0.05) is 6.58 Å². The van der Waals surface area contributed by atoms with Crippen LogP contribution in [0.25, 0.3) is 0 Å². The van der Waals surface area contributed by atoms with Gasteiger partial charge in [-0.25, -0.2) is 4.79 Å². The van der Waals surface area contributed by atoms with Gasteiger partial charge in [0.25, 0.3) is 0 Å². The summed E-state index contributed by atoms with van der Waals surface area (Å²) in [5.74, 6) is -0.313. The Morgan fingerprint density at radius 2 is 2.00 bits per heavy atom. The van der Waals surface area contributed by atoms with Crippen LogP contribution in [-0.2, 0) is 9.53 Å². The minimum Gasteiger partial charge on any atom is -0.461 e. The first kappa shape index (κ1) is 13.8. The standard InChI is InChI=1S/C8H15NO2.B/c1-7(2)8(10)11-6-5-9(3)4;/h1,5-6H2,2-4H3;. The van der Waals surface area contributed by atoms with Crippen LogP contribution in [0.2, 0.25) is 0 Å². The smallest absolute Gasteiger partial charge is 0.333 e. The van der Waals surface area contributed by atoms with Crippen LogP contribution in [0.15, 0.2) is 12.2 Å². The van der Waals surface area contributed by atoms with E-state index in [1.54, 1.807) is 6.92 Å². The molecule has 0 aliphatic heterocycles. The molecule has 0 aromatic rings. The molecule has 0 saturated heterocycles. The second-order valence-corrected chi connectivity index (χ2v) is 2.72. The minimum atomic E-state index is -0.313. The summed E-state index contributed by atoms with van der Waals surface area (Å²) in [7, 11) is 3.85. The average Bonchev–Trinajstić information content (AvgIpc) is 1.86. The molecule has 0 aliphatic rings. The van der Waals surface area contributed by atoms with Crippen LogP contribution >= 0.6 is 0 Å². The number of hydrogen-bond donors (Lipinski definition) is 0. The predicted octanol–water partition coefficient (Wildman–Crippen LogP) is 0.286. The number of carbonyl (C=O) groups excluding carboxylic acids is 1. The van der Waals surface area contributed by atoms with Gasteiger partial charge in [0, 0.05) is 20.5 Å². The fourth-order valence-electron chi connectivity index (χ4n) is 0.444. The van der Waals surface area contributed by atoms with Crippen LogP contribution in [0, 0.1) is 0 Å². The lowest BCUT2D eigenvalue weighted by molar-refractivity contribution is -0.139. The van der Waals surface area contributed by atoms with Gasteiger partial charge >= 0.3 is 5.97 Å². The Morgan fingerprint density at radius 1 is 1.50 bits per heavy atom. The molecule has 0 fully saturated rings. The van der Waals surface area contributed by atoms with Gasteiger partial charge in [0.2, 0.25) is 0 Å². The highest BCUT2D eigenvalue weighted by Gasteiger charge is 2.01. The van der Waals surface area contributed by atoms with E-state index in [1.807, 2.05) is 19.0 Å². The third kappa shape index (κ3) is 7.34. The van der Waals surface area contributed by atoms with E-state index in [0.717, 1.165) is 6.54 Å².